The lowest BCUT2D eigenvalue weighted by Crippen LogP contribution is -2.49. The van der Waals surface area contributed by atoms with Gasteiger partial charge in [-0.05, 0) is 81.5 Å². The summed E-state index contributed by atoms with van der Waals surface area (Å²) >= 11 is 1.63. The predicted octanol–water partition coefficient (Wildman–Crippen LogP) is 5.27. The molecule has 1 aromatic heterocycles. The van der Waals surface area contributed by atoms with Crippen molar-refractivity contribution < 1.29 is 9.18 Å². The third kappa shape index (κ3) is 4.81. The standard InChI is InChI=1S/C26H36FN3OS/c1-18-3-7-21(8-4-18)28-26(31)22-9-5-19(22)16-29-11-2-12-30(14-13-29)24-17-32-25-15-20(27)6-10-23(24)25/h6,10,15,17-19,21-22H,2-5,7-9,11-14,16H2,1H3,(H,28,31)/t18?,19-,21?,22+/m0/s1. The van der Waals surface area contributed by atoms with E-state index >= 15 is 0 Å². The molecule has 3 fully saturated rings. The number of rotatable bonds is 5. The van der Waals surface area contributed by atoms with E-state index in [9.17, 15) is 9.18 Å². The van der Waals surface area contributed by atoms with Crippen molar-refractivity contribution in [3.05, 3.63) is 29.4 Å². The van der Waals surface area contributed by atoms with Gasteiger partial charge in [0.05, 0.1) is 5.69 Å². The molecule has 0 unspecified atom stereocenters. The maximum Gasteiger partial charge on any atom is 0.223 e. The van der Waals surface area contributed by atoms with E-state index in [-0.39, 0.29) is 11.7 Å². The normalized spacial score (nSPS) is 29.5. The van der Waals surface area contributed by atoms with E-state index in [1.807, 2.05) is 6.07 Å². The SMILES string of the molecule is CC1CCC(NC(=O)[C@@H]2CC[C@H]2CN2CCCN(c3csc4cc(F)ccc34)CC2)CC1. The second-order valence-electron chi connectivity index (χ2n) is 10.3. The van der Waals surface area contributed by atoms with Gasteiger partial charge in [-0.15, -0.1) is 11.3 Å². The summed E-state index contributed by atoms with van der Waals surface area (Å²) < 4.78 is 14.6. The summed E-state index contributed by atoms with van der Waals surface area (Å²) in [6.07, 6.45) is 8.15. The minimum Gasteiger partial charge on any atom is -0.369 e. The van der Waals surface area contributed by atoms with E-state index in [1.54, 1.807) is 23.5 Å². The number of carbonyl (C=O) groups excluding carboxylic acids is 1. The van der Waals surface area contributed by atoms with Gasteiger partial charge in [-0.3, -0.25) is 4.79 Å². The lowest BCUT2D eigenvalue weighted by molar-refractivity contribution is -0.131. The molecule has 1 aliphatic heterocycles. The molecule has 4 nitrogen and oxygen atoms in total. The van der Waals surface area contributed by atoms with Gasteiger partial charge in [-0.2, -0.15) is 0 Å². The van der Waals surface area contributed by atoms with Gasteiger partial charge >= 0.3 is 0 Å². The van der Waals surface area contributed by atoms with Crippen molar-refractivity contribution in [2.24, 2.45) is 17.8 Å². The zero-order valence-electron chi connectivity index (χ0n) is 19.2. The molecule has 2 atom stereocenters. The number of benzene rings is 1. The van der Waals surface area contributed by atoms with Crippen molar-refractivity contribution in [2.75, 3.05) is 37.6 Å². The van der Waals surface area contributed by atoms with Crippen LogP contribution in [-0.4, -0.2) is 49.6 Å². The van der Waals surface area contributed by atoms with E-state index in [4.69, 9.17) is 0 Å². The number of nitrogens with zero attached hydrogens (tertiary/aromatic N) is 2. The van der Waals surface area contributed by atoms with Crippen LogP contribution in [0.4, 0.5) is 10.1 Å². The minimum atomic E-state index is -0.162. The second-order valence-corrected chi connectivity index (χ2v) is 11.2. The largest absolute Gasteiger partial charge is 0.369 e. The average Bonchev–Trinajstić information content (AvgIpc) is 3.02. The number of anilines is 1. The zero-order valence-corrected chi connectivity index (χ0v) is 20.0. The van der Waals surface area contributed by atoms with Crippen molar-refractivity contribution >= 4 is 33.0 Å². The maximum atomic E-state index is 13.6. The summed E-state index contributed by atoms with van der Waals surface area (Å²) in [6.45, 7) is 7.52. The summed E-state index contributed by atoms with van der Waals surface area (Å²) in [6, 6.07) is 5.53. The van der Waals surface area contributed by atoms with Gasteiger partial charge in [0.15, 0.2) is 0 Å². The molecule has 6 heteroatoms. The van der Waals surface area contributed by atoms with Gasteiger partial charge in [0, 0.05) is 53.6 Å². The van der Waals surface area contributed by atoms with Crippen molar-refractivity contribution in [3.8, 4) is 0 Å². The topological polar surface area (TPSA) is 35.6 Å². The Kier molecular flexibility index (Phi) is 6.70. The van der Waals surface area contributed by atoms with Gasteiger partial charge in [0.25, 0.3) is 0 Å². The molecule has 2 saturated carbocycles. The van der Waals surface area contributed by atoms with Crippen LogP contribution < -0.4 is 10.2 Å². The number of fused-ring (bicyclic) bond motifs is 1. The first-order valence-corrected chi connectivity index (χ1v) is 13.4. The summed E-state index contributed by atoms with van der Waals surface area (Å²) in [5, 5.41) is 6.72. The second kappa shape index (κ2) is 9.68. The van der Waals surface area contributed by atoms with Gasteiger partial charge in [-0.25, -0.2) is 4.39 Å². The Morgan fingerprint density at radius 2 is 1.94 bits per heavy atom. The molecule has 32 heavy (non-hydrogen) atoms. The fraction of sp³-hybridized carbons (Fsp3) is 0.654. The number of hydrogen-bond acceptors (Lipinski definition) is 4. The van der Waals surface area contributed by atoms with E-state index in [2.05, 4.69) is 27.4 Å². The molecule has 2 heterocycles. The number of carbonyl (C=O) groups is 1. The molecule has 2 aromatic rings. The van der Waals surface area contributed by atoms with Gasteiger partial charge in [0.2, 0.25) is 5.91 Å². The molecule has 0 spiro atoms. The van der Waals surface area contributed by atoms with E-state index in [1.165, 1.54) is 24.9 Å². The molecular formula is C26H36FN3OS. The zero-order chi connectivity index (χ0) is 22.1. The lowest BCUT2D eigenvalue weighted by Gasteiger charge is -2.40. The first-order valence-electron chi connectivity index (χ1n) is 12.5. The molecule has 5 rings (SSSR count). The Bertz CT molecular complexity index is 938. The van der Waals surface area contributed by atoms with Crippen LogP contribution in [0.1, 0.15) is 51.9 Å². The quantitative estimate of drug-likeness (QED) is 0.664. The number of nitrogens with one attached hydrogen (secondary N) is 1. The first kappa shape index (κ1) is 22.1. The Morgan fingerprint density at radius 3 is 2.72 bits per heavy atom. The third-order valence-electron chi connectivity index (χ3n) is 8.06. The van der Waals surface area contributed by atoms with E-state index < -0.39 is 0 Å². The van der Waals surface area contributed by atoms with Crippen LogP contribution in [0.5, 0.6) is 0 Å². The maximum absolute atomic E-state index is 13.6. The van der Waals surface area contributed by atoms with Crippen LogP contribution in [0.2, 0.25) is 0 Å². The number of halogens is 1. The first-order chi connectivity index (χ1) is 15.6. The summed E-state index contributed by atoms with van der Waals surface area (Å²) in [5.74, 6) is 1.69. The lowest BCUT2D eigenvalue weighted by atomic mass is 9.72. The number of amides is 1. The monoisotopic (exact) mass is 457 g/mol. The van der Waals surface area contributed by atoms with Crippen molar-refractivity contribution in [1.29, 1.82) is 0 Å². The third-order valence-corrected chi connectivity index (χ3v) is 8.99. The van der Waals surface area contributed by atoms with Gasteiger partial charge in [-0.1, -0.05) is 6.92 Å². The highest BCUT2D eigenvalue weighted by Crippen LogP contribution is 2.37. The van der Waals surface area contributed by atoms with Gasteiger partial charge in [0.1, 0.15) is 5.82 Å². The number of hydrogen-bond donors (Lipinski definition) is 1. The minimum absolute atomic E-state index is 0.162. The summed E-state index contributed by atoms with van der Waals surface area (Å²) in [5.41, 5.74) is 1.24. The molecule has 1 aromatic carbocycles. The van der Waals surface area contributed by atoms with Crippen molar-refractivity contribution in [3.63, 3.8) is 0 Å². The average molecular weight is 458 g/mol. The van der Waals surface area contributed by atoms with Crippen LogP contribution >= 0.6 is 11.3 Å². The molecule has 174 valence electrons. The molecule has 0 radical (unpaired) electrons. The molecule has 0 bridgehead atoms. The highest BCUT2D eigenvalue weighted by Gasteiger charge is 2.38. The Hall–Kier alpha value is -1.66. The fourth-order valence-electron chi connectivity index (χ4n) is 5.80. The van der Waals surface area contributed by atoms with E-state index in [0.29, 0.717) is 17.9 Å². The molecule has 1 amide bonds. The highest BCUT2D eigenvalue weighted by atomic mass is 32.1. The van der Waals surface area contributed by atoms with Crippen LogP contribution in [0.25, 0.3) is 10.1 Å². The smallest absolute Gasteiger partial charge is 0.223 e. The Labute approximate surface area is 195 Å². The molecule has 3 aliphatic rings. The van der Waals surface area contributed by atoms with Crippen LogP contribution in [0.15, 0.2) is 23.6 Å². The molecule has 1 N–H and O–H groups in total. The van der Waals surface area contributed by atoms with E-state index in [0.717, 1.165) is 74.4 Å². The highest BCUT2D eigenvalue weighted by molar-refractivity contribution is 7.17. The molecular weight excluding hydrogens is 421 g/mol. The Morgan fingerprint density at radius 1 is 1.09 bits per heavy atom. The summed E-state index contributed by atoms with van der Waals surface area (Å²) in [4.78, 5) is 17.9. The molecule has 2 aliphatic carbocycles. The fourth-order valence-corrected chi connectivity index (χ4v) is 6.80. The predicted molar refractivity (Wildman–Crippen MR) is 131 cm³/mol. The van der Waals surface area contributed by atoms with Crippen LogP contribution in [0.3, 0.4) is 0 Å². The van der Waals surface area contributed by atoms with Crippen molar-refractivity contribution in [2.45, 2.75) is 57.9 Å². The summed E-state index contributed by atoms with van der Waals surface area (Å²) in [7, 11) is 0. The van der Waals surface area contributed by atoms with Crippen LogP contribution in [-0.2, 0) is 4.79 Å². The Balaban J connectivity index is 1.13. The molecule has 1 saturated heterocycles. The van der Waals surface area contributed by atoms with Crippen molar-refractivity contribution in [1.82, 2.24) is 10.2 Å². The van der Waals surface area contributed by atoms with Gasteiger partial charge < -0.3 is 15.1 Å². The van der Waals surface area contributed by atoms with Crippen LogP contribution in [0, 0.1) is 23.6 Å². The number of thiophene rings is 1.